The van der Waals surface area contributed by atoms with E-state index >= 15 is 0 Å². The molecule has 0 saturated heterocycles. The van der Waals surface area contributed by atoms with Crippen molar-refractivity contribution in [3.63, 3.8) is 0 Å². The Kier molecular flexibility index (Phi) is 7.10. The molecule has 0 amide bonds. The molecule has 1 aromatic heterocycles. The lowest BCUT2D eigenvalue weighted by atomic mass is 10.3. The minimum absolute atomic E-state index is 0.181. The van der Waals surface area contributed by atoms with Crippen molar-refractivity contribution in [2.75, 3.05) is 13.2 Å². The Balaban J connectivity index is 2.07. The summed E-state index contributed by atoms with van der Waals surface area (Å²) in [5, 5.41) is 0.182. The lowest BCUT2D eigenvalue weighted by Crippen LogP contribution is -2.08. The van der Waals surface area contributed by atoms with Crippen molar-refractivity contribution in [3.05, 3.63) is 17.7 Å². The second-order valence-electron chi connectivity index (χ2n) is 3.71. The van der Waals surface area contributed by atoms with Crippen molar-refractivity contribution in [1.82, 2.24) is 9.97 Å². The first-order valence-corrected chi connectivity index (χ1v) is 6.36. The summed E-state index contributed by atoms with van der Waals surface area (Å²) in [4.78, 5) is 18.8. The van der Waals surface area contributed by atoms with Crippen molar-refractivity contribution in [2.24, 2.45) is 0 Å². The number of unbranched alkanes of at least 4 members (excludes halogenated alkanes) is 1. The summed E-state index contributed by atoms with van der Waals surface area (Å²) in [6, 6.07) is 0. The van der Waals surface area contributed by atoms with Crippen LogP contribution in [-0.4, -0.2) is 29.2 Å². The van der Waals surface area contributed by atoms with Gasteiger partial charge in [0.15, 0.2) is 5.75 Å². The van der Waals surface area contributed by atoms with E-state index in [9.17, 15) is 4.79 Å². The van der Waals surface area contributed by atoms with Gasteiger partial charge in [0.05, 0.1) is 25.6 Å². The number of halogens is 1. The molecule has 0 radical (unpaired) electrons. The number of ether oxygens (including phenoxy) is 2. The predicted molar refractivity (Wildman–Crippen MR) is 67.6 cm³/mol. The Bertz CT molecular complexity index is 357. The van der Waals surface area contributed by atoms with Crippen LogP contribution in [-0.2, 0) is 9.53 Å². The molecule has 18 heavy (non-hydrogen) atoms. The monoisotopic (exact) mass is 272 g/mol. The van der Waals surface area contributed by atoms with Gasteiger partial charge in [-0.1, -0.05) is 13.3 Å². The maximum atomic E-state index is 11.3. The number of nitrogens with zero attached hydrogens (tertiary/aromatic N) is 2. The van der Waals surface area contributed by atoms with E-state index in [0.717, 1.165) is 12.8 Å². The molecule has 1 heterocycles. The molecule has 0 saturated carbocycles. The quantitative estimate of drug-likeness (QED) is 0.414. The number of esters is 1. The molecular weight excluding hydrogens is 256 g/mol. The van der Waals surface area contributed by atoms with E-state index in [-0.39, 0.29) is 11.3 Å². The van der Waals surface area contributed by atoms with Crippen LogP contribution in [0.5, 0.6) is 5.75 Å². The number of hydrogen-bond acceptors (Lipinski definition) is 5. The molecule has 0 N–H and O–H groups in total. The van der Waals surface area contributed by atoms with E-state index in [1.807, 2.05) is 0 Å². The summed E-state index contributed by atoms with van der Waals surface area (Å²) in [5.41, 5.74) is 0. The summed E-state index contributed by atoms with van der Waals surface area (Å²) in [6.45, 7) is 2.98. The lowest BCUT2D eigenvalue weighted by Gasteiger charge is -2.05. The maximum Gasteiger partial charge on any atom is 0.305 e. The lowest BCUT2D eigenvalue weighted by molar-refractivity contribution is -0.144. The van der Waals surface area contributed by atoms with Crippen LogP contribution in [0.15, 0.2) is 12.4 Å². The number of aromatic nitrogens is 2. The fraction of sp³-hybridized carbons (Fsp3) is 0.583. The van der Waals surface area contributed by atoms with Crippen LogP contribution in [0, 0.1) is 0 Å². The molecule has 5 nitrogen and oxygen atoms in total. The van der Waals surface area contributed by atoms with Crippen LogP contribution < -0.4 is 4.74 Å². The molecule has 6 heteroatoms. The minimum Gasteiger partial charge on any atom is -0.490 e. The Hall–Kier alpha value is -1.36. The number of rotatable bonds is 8. The highest BCUT2D eigenvalue weighted by atomic mass is 35.5. The third-order valence-corrected chi connectivity index (χ3v) is 2.35. The molecule has 0 atom stereocenters. The van der Waals surface area contributed by atoms with Gasteiger partial charge in [-0.05, 0) is 24.4 Å². The van der Waals surface area contributed by atoms with Crippen LogP contribution in [0.2, 0.25) is 5.28 Å². The molecule has 0 aliphatic heterocycles. The summed E-state index contributed by atoms with van der Waals surface area (Å²) in [5.74, 6) is 0.359. The van der Waals surface area contributed by atoms with Crippen molar-refractivity contribution in [1.29, 1.82) is 0 Å². The van der Waals surface area contributed by atoms with Gasteiger partial charge in [-0.25, -0.2) is 9.97 Å². The van der Waals surface area contributed by atoms with Crippen LogP contribution in [0.3, 0.4) is 0 Å². The normalized spacial score (nSPS) is 10.1. The van der Waals surface area contributed by atoms with Crippen LogP contribution in [0.1, 0.15) is 32.6 Å². The topological polar surface area (TPSA) is 61.3 Å². The molecule has 0 bridgehead atoms. The zero-order chi connectivity index (χ0) is 13.2. The van der Waals surface area contributed by atoms with Gasteiger partial charge in [0.1, 0.15) is 0 Å². The molecule has 0 aromatic carbocycles. The zero-order valence-corrected chi connectivity index (χ0v) is 11.2. The van der Waals surface area contributed by atoms with E-state index in [1.54, 1.807) is 0 Å². The summed E-state index contributed by atoms with van der Waals surface area (Å²) in [7, 11) is 0. The standard InChI is InChI=1S/C12H17ClN2O3/c1-2-3-6-18-11(16)5-4-7-17-10-8-14-12(13)15-9-10/h8-9H,2-7H2,1H3. The molecular formula is C12H17ClN2O3. The van der Waals surface area contributed by atoms with E-state index in [4.69, 9.17) is 21.1 Å². The largest absolute Gasteiger partial charge is 0.490 e. The van der Waals surface area contributed by atoms with E-state index in [2.05, 4.69) is 16.9 Å². The average molecular weight is 273 g/mol. The highest BCUT2D eigenvalue weighted by Gasteiger charge is 2.03. The second kappa shape index (κ2) is 8.69. The van der Waals surface area contributed by atoms with Gasteiger partial charge >= 0.3 is 5.97 Å². The first-order chi connectivity index (χ1) is 8.72. The van der Waals surface area contributed by atoms with Gasteiger partial charge in [-0.2, -0.15) is 0 Å². The molecule has 0 aliphatic carbocycles. The molecule has 0 fully saturated rings. The maximum absolute atomic E-state index is 11.3. The molecule has 0 unspecified atom stereocenters. The van der Waals surface area contributed by atoms with Crippen molar-refractivity contribution in [3.8, 4) is 5.75 Å². The van der Waals surface area contributed by atoms with Gasteiger partial charge in [-0.15, -0.1) is 0 Å². The van der Waals surface area contributed by atoms with Crippen LogP contribution in [0.25, 0.3) is 0 Å². The Morgan fingerprint density at radius 2 is 2.00 bits per heavy atom. The Morgan fingerprint density at radius 1 is 1.28 bits per heavy atom. The van der Waals surface area contributed by atoms with Gasteiger partial charge in [0.25, 0.3) is 0 Å². The second-order valence-corrected chi connectivity index (χ2v) is 4.05. The Morgan fingerprint density at radius 3 is 2.67 bits per heavy atom. The van der Waals surface area contributed by atoms with Crippen molar-refractivity contribution in [2.45, 2.75) is 32.6 Å². The smallest absolute Gasteiger partial charge is 0.305 e. The fourth-order valence-electron chi connectivity index (χ4n) is 1.18. The zero-order valence-electron chi connectivity index (χ0n) is 10.4. The van der Waals surface area contributed by atoms with Gasteiger partial charge in [0.2, 0.25) is 5.28 Å². The SMILES string of the molecule is CCCCOC(=O)CCCOc1cnc(Cl)nc1. The molecule has 1 aromatic rings. The average Bonchev–Trinajstić information content (AvgIpc) is 2.37. The fourth-order valence-corrected chi connectivity index (χ4v) is 1.28. The first kappa shape index (κ1) is 14.7. The third kappa shape index (κ3) is 6.39. The number of carbonyl (C=O) groups is 1. The van der Waals surface area contributed by atoms with Gasteiger partial charge < -0.3 is 9.47 Å². The first-order valence-electron chi connectivity index (χ1n) is 5.98. The van der Waals surface area contributed by atoms with Crippen molar-refractivity contribution < 1.29 is 14.3 Å². The van der Waals surface area contributed by atoms with Crippen LogP contribution in [0.4, 0.5) is 0 Å². The van der Waals surface area contributed by atoms with Crippen molar-refractivity contribution >= 4 is 17.6 Å². The van der Waals surface area contributed by atoms with E-state index in [0.29, 0.717) is 31.8 Å². The summed E-state index contributed by atoms with van der Waals surface area (Å²) >= 11 is 5.54. The van der Waals surface area contributed by atoms with Gasteiger partial charge in [0, 0.05) is 6.42 Å². The van der Waals surface area contributed by atoms with E-state index < -0.39 is 0 Å². The molecule has 0 aliphatic rings. The summed E-state index contributed by atoms with van der Waals surface area (Å²) in [6.07, 6.45) is 5.88. The highest BCUT2D eigenvalue weighted by Crippen LogP contribution is 2.09. The highest BCUT2D eigenvalue weighted by molar-refractivity contribution is 6.28. The molecule has 1 rings (SSSR count). The number of carbonyl (C=O) groups excluding carboxylic acids is 1. The molecule has 0 spiro atoms. The van der Waals surface area contributed by atoms with Crippen LogP contribution >= 0.6 is 11.6 Å². The summed E-state index contributed by atoms with van der Waals surface area (Å²) < 4.78 is 10.4. The van der Waals surface area contributed by atoms with E-state index in [1.165, 1.54) is 12.4 Å². The minimum atomic E-state index is -0.181. The predicted octanol–water partition coefficient (Wildman–Crippen LogP) is 2.63. The Labute approximate surface area is 111 Å². The number of hydrogen-bond donors (Lipinski definition) is 0. The van der Waals surface area contributed by atoms with Gasteiger partial charge in [-0.3, -0.25) is 4.79 Å². The molecule has 100 valence electrons. The third-order valence-electron chi connectivity index (χ3n) is 2.15.